The van der Waals surface area contributed by atoms with E-state index in [9.17, 15) is 0 Å². The minimum absolute atomic E-state index is 0.310. The second-order valence-electron chi connectivity index (χ2n) is 4.82. The Hall–Kier alpha value is -2.69. The molecule has 5 nitrogen and oxygen atoms in total. The van der Waals surface area contributed by atoms with Gasteiger partial charge in [0, 0.05) is 5.69 Å². The third-order valence-corrected chi connectivity index (χ3v) is 3.43. The molecule has 0 radical (unpaired) electrons. The van der Waals surface area contributed by atoms with Gasteiger partial charge in [-0.05, 0) is 46.7 Å². The second kappa shape index (κ2) is 6.17. The smallest absolute Gasteiger partial charge is 0.143 e. The van der Waals surface area contributed by atoms with Crippen molar-refractivity contribution in [1.29, 1.82) is 0 Å². The van der Waals surface area contributed by atoms with Crippen LogP contribution in [-0.4, -0.2) is 20.2 Å². The van der Waals surface area contributed by atoms with Crippen LogP contribution in [0.1, 0.15) is 24.9 Å². The van der Waals surface area contributed by atoms with Crippen molar-refractivity contribution in [2.24, 2.45) is 0 Å². The van der Waals surface area contributed by atoms with Crippen molar-refractivity contribution in [2.75, 3.05) is 5.32 Å². The summed E-state index contributed by atoms with van der Waals surface area (Å²) in [6.07, 6.45) is 2.61. The number of hydrogen-bond donors (Lipinski definition) is 1. The van der Waals surface area contributed by atoms with E-state index in [1.165, 1.54) is 5.56 Å². The molecule has 1 unspecified atom stereocenters. The van der Waals surface area contributed by atoms with Crippen LogP contribution in [0, 0.1) is 0 Å². The molecule has 0 aliphatic rings. The maximum Gasteiger partial charge on any atom is 0.143 e. The number of benzene rings is 2. The number of tetrazole rings is 1. The fraction of sp³-hybridized carbons (Fsp3) is 0.188. The maximum atomic E-state index is 3.88. The molecule has 3 aromatic rings. The van der Waals surface area contributed by atoms with Crippen molar-refractivity contribution in [3.05, 3.63) is 66.5 Å². The number of nitrogens with zero attached hydrogens (tertiary/aromatic N) is 4. The number of anilines is 1. The summed E-state index contributed by atoms with van der Waals surface area (Å²) in [6.45, 7) is 2.18. The van der Waals surface area contributed by atoms with Crippen LogP contribution in [0.5, 0.6) is 0 Å². The van der Waals surface area contributed by atoms with Crippen LogP contribution in [0.2, 0.25) is 0 Å². The molecule has 0 bridgehead atoms. The zero-order valence-electron chi connectivity index (χ0n) is 11.8. The normalized spacial score (nSPS) is 12.0. The summed E-state index contributed by atoms with van der Waals surface area (Å²) in [5, 5.41) is 14.7. The van der Waals surface area contributed by atoms with Gasteiger partial charge in [0.25, 0.3) is 0 Å². The lowest BCUT2D eigenvalue weighted by atomic mass is 10.0. The van der Waals surface area contributed by atoms with Crippen molar-refractivity contribution in [3.8, 4) is 5.69 Å². The Morgan fingerprint density at radius 2 is 1.81 bits per heavy atom. The zero-order chi connectivity index (χ0) is 14.5. The van der Waals surface area contributed by atoms with Crippen molar-refractivity contribution in [3.63, 3.8) is 0 Å². The van der Waals surface area contributed by atoms with Gasteiger partial charge in [-0.2, -0.15) is 0 Å². The SMILES string of the molecule is CCC(Nc1ccc(-n2cnnn2)cc1)c1ccccc1. The maximum absolute atomic E-state index is 3.88. The molecule has 5 heteroatoms. The summed E-state index contributed by atoms with van der Waals surface area (Å²) >= 11 is 0. The standard InChI is InChI=1S/C16H17N5/c1-2-16(13-6-4-3-5-7-13)18-14-8-10-15(11-9-14)21-12-17-19-20-21/h3-12,16,18H,2H2,1H3. The molecule has 2 aromatic carbocycles. The summed E-state index contributed by atoms with van der Waals surface area (Å²) in [4.78, 5) is 0. The van der Waals surface area contributed by atoms with Crippen molar-refractivity contribution in [2.45, 2.75) is 19.4 Å². The Labute approximate surface area is 123 Å². The van der Waals surface area contributed by atoms with E-state index >= 15 is 0 Å². The predicted octanol–water partition coefficient (Wildman–Crippen LogP) is 3.23. The molecule has 3 rings (SSSR count). The first-order valence-electron chi connectivity index (χ1n) is 7.01. The van der Waals surface area contributed by atoms with Crippen LogP contribution in [0.3, 0.4) is 0 Å². The van der Waals surface area contributed by atoms with E-state index < -0.39 is 0 Å². The molecule has 0 saturated heterocycles. The Kier molecular flexibility index (Phi) is 3.91. The van der Waals surface area contributed by atoms with E-state index in [4.69, 9.17) is 0 Å². The van der Waals surface area contributed by atoms with Crippen molar-refractivity contribution < 1.29 is 0 Å². The highest BCUT2D eigenvalue weighted by atomic mass is 15.5. The summed E-state index contributed by atoms with van der Waals surface area (Å²) in [5.74, 6) is 0. The molecule has 0 spiro atoms. The van der Waals surface area contributed by atoms with E-state index in [1.54, 1.807) is 11.0 Å². The molecule has 0 aliphatic heterocycles. The minimum atomic E-state index is 0.310. The molecule has 1 aromatic heterocycles. The summed E-state index contributed by atoms with van der Waals surface area (Å²) in [5.41, 5.74) is 3.32. The van der Waals surface area contributed by atoms with Gasteiger partial charge in [-0.25, -0.2) is 4.68 Å². The van der Waals surface area contributed by atoms with Crippen molar-refractivity contribution >= 4 is 5.69 Å². The van der Waals surface area contributed by atoms with Crippen LogP contribution in [0.15, 0.2) is 60.9 Å². The third kappa shape index (κ3) is 3.08. The van der Waals surface area contributed by atoms with Gasteiger partial charge >= 0.3 is 0 Å². The second-order valence-corrected chi connectivity index (χ2v) is 4.82. The lowest BCUT2D eigenvalue weighted by Gasteiger charge is -2.19. The average Bonchev–Trinajstić information content (AvgIpc) is 3.08. The van der Waals surface area contributed by atoms with E-state index in [-0.39, 0.29) is 0 Å². The lowest BCUT2D eigenvalue weighted by molar-refractivity contribution is 0.749. The third-order valence-electron chi connectivity index (χ3n) is 3.43. The molecule has 0 amide bonds. The molecule has 106 valence electrons. The van der Waals surface area contributed by atoms with Crippen LogP contribution < -0.4 is 5.32 Å². The van der Waals surface area contributed by atoms with Gasteiger partial charge in [-0.15, -0.1) is 5.10 Å². The summed E-state index contributed by atoms with van der Waals surface area (Å²) < 4.78 is 1.64. The highest BCUT2D eigenvalue weighted by Gasteiger charge is 2.08. The first-order chi connectivity index (χ1) is 10.4. The molecular formula is C16H17N5. The minimum Gasteiger partial charge on any atom is -0.378 e. The highest BCUT2D eigenvalue weighted by molar-refractivity contribution is 5.49. The van der Waals surface area contributed by atoms with E-state index in [1.807, 2.05) is 30.3 Å². The summed E-state index contributed by atoms with van der Waals surface area (Å²) in [6, 6.07) is 18.9. The quantitative estimate of drug-likeness (QED) is 0.779. The molecule has 21 heavy (non-hydrogen) atoms. The highest BCUT2D eigenvalue weighted by Crippen LogP contribution is 2.22. The first-order valence-corrected chi connectivity index (χ1v) is 7.01. The topological polar surface area (TPSA) is 55.6 Å². The van der Waals surface area contributed by atoms with Crippen LogP contribution in [0.4, 0.5) is 5.69 Å². The Balaban J connectivity index is 1.75. The lowest BCUT2D eigenvalue weighted by Crippen LogP contribution is -2.09. The number of rotatable bonds is 5. The van der Waals surface area contributed by atoms with Gasteiger partial charge in [0.1, 0.15) is 6.33 Å². The van der Waals surface area contributed by atoms with Gasteiger partial charge in [0.15, 0.2) is 0 Å². The molecule has 1 heterocycles. The molecule has 0 fully saturated rings. The van der Waals surface area contributed by atoms with E-state index in [0.29, 0.717) is 6.04 Å². The Morgan fingerprint density at radius 1 is 1.05 bits per heavy atom. The average molecular weight is 279 g/mol. The van der Waals surface area contributed by atoms with Gasteiger partial charge in [-0.1, -0.05) is 37.3 Å². The molecule has 1 atom stereocenters. The van der Waals surface area contributed by atoms with Crippen LogP contribution in [0.25, 0.3) is 5.69 Å². The molecule has 0 aliphatic carbocycles. The van der Waals surface area contributed by atoms with Gasteiger partial charge in [0.05, 0.1) is 11.7 Å². The molecule has 0 saturated carbocycles. The van der Waals surface area contributed by atoms with Crippen LogP contribution >= 0.6 is 0 Å². The monoisotopic (exact) mass is 279 g/mol. The predicted molar refractivity (Wildman–Crippen MR) is 82.3 cm³/mol. The van der Waals surface area contributed by atoms with Gasteiger partial charge < -0.3 is 5.32 Å². The largest absolute Gasteiger partial charge is 0.378 e. The zero-order valence-corrected chi connectivity index (χ0v) is 11.8. The van der Waals surface area contributed by atoms with Gasteiger partial charge in [0.2, 0.25) is 0 Å². The number of nitrogens with one attached hydrogen (secondary N) is 1. The summed E-state index contributed by atoms with van der Waals surface area (Å²) in [7, 11) is 0. The number of aromatic nitrogens is 4. The van der Waals surface area contributed by atoms with E-state index in [0.717, 1.165) is 17.8 Å². The van der Waals surface area contributed by atoms with Crippen molar-refractivity contribution in [1.82, 2.24) is 20.2 Å². The Morgan fingerprint density at radius 3 is 2.43 bits per heavy atom. The fourth-order valence-electron chi connectivity index (χ4n) is 2.30. The van der Waals surface area contributed by atoms with Gasteiger partial charge in [-0.3, -0.25) is 0 Å². The van der Waals surface area contributed by atoms with E-state index in [2.05, 4.69) is 52.0 Å². The fourth-order valence-corrected chi connectivity index (χ4v) is 2.30. The molecule has 1 N–H and O–H groups in total. The molecular weight excluding hydrogens is 262 g/mol. The van der Waals surface area contributed by atoms with Crippen LogP contribution in [-0.2, 0) is 0 Å². The number of hydrogen-bond acceptors (Lipinski definition) is 4. The Bertz CT molecular complexity index is 662. The first kappa shape index (κ1) is 13.3.